The van der Waals surface area contributed by atoms with E-state index >= 15 is 0 Å². The van der Waals surface area contributed by atoms with E-state index in [0.29, 0.717) is 5.56 Å². The van der Waals surface area contributed by atoms with Gasteiger partial charge in [-0.25, -0.2) is 4.79 Å². The molecule has 0 aromatic heterocycles. The number of nitrogens with zero attached hydrogens (tertiary/aromatic N) is 1. The molecule has 0 radical (unpaired) electrons. The number of esters is 1. The maximum absolute atomic E-state index is 12.6. The van der Waals surface area contributed by atoms with E-state index in [-0.39, 0.29) is 6.42 Å². The van der Waals surface area contributed by atoms with E-state index in [0.717, 1.165) is 11.3 Å². The average molecular weight is 337 g/mol. The van der Waals surface area contributed by atoms with Gasteiger partial charge in [-0.3, -0.25) is 0 Å². The van der Waals surface area contributed by atoms with Gasteiger partial charge < -0.3 is 14.2 Å². The van der Waals surface area contributed by atoms with Crippen molar-refractivity contribution in [1.82, 2.24) is 0 Å². The summed E-state index contributed by atoms with van der Waals surface area (Å²) in [5.41, 5.74) is 0.244. The topological polar surface area (TPSA) is 68.6 Å². The molecular weight excluding hydrogens is 318 g/mol. The molecule has 1 aliphatic heterocycles. The Hall–Kier alpha value is -2.84. The Morgan fingerprint density at radius 1 is 1.16 bits per heavy atom. The van der Waals surface area contributed by atoms with Crippen molar-refractivity contribution in [3.05, 3.63) is 65.7 Å². The summed E-state index contributed by atoms with van der Waals surface area (Å²) in [7, 11) is 2.93. The fraction of sp³-hybridized carbons (Fsp3) is 0.300. The molecule has 1 aliphatic rings. The first kappa shape index (κ1) is 17.0. The van der Waals surface area contributed by atoms with Crippen molar-refractivity contribution in [2.45, 2.75) is 18.1 Å². The van der Waals surface area contributed by atoms with Crippen LogP contribution in [-0.4, -0.2) is 20.2 Å². The van der Waals surface area contributed by atoms with Gasteiger partial charge in [0.25, 0.3) is 0 Å². The van der Waals surface area contributed by atoms with Gasteiger partial charge in [0.05, 0.1) is 26.2 Å². The van der Waals surface area contributed by atoms with E-state index < -0.39 is 23.6 Å². The summed E-state index contributed by atoms with van der Waals surface area (Å²) >= 11 is 0. The normalized spacial score (nSPS) is 25.2. The van der Waals surface area contributed by atoms with Crippen molar-refractivity contribution in [1.29, 1.82) is 5.26 Å². The highest BCUT2D eigenvalue weighted by molar-refractivity contribution is 5.82. The molecule has 2 aromatic carbocycles. The van der Waals surface area contributed by atoms with Gasteiger partial charge in [-0.15, -0.1) is 0 Å². The molecule has 0 bridgehead atoms. The SMILES string of the molecule is COC(=O)[C@@]1(c2ccccc2)C[C@H](C#N)[C@H](c2ccc(OC)cc2)O1. The predicted octanol–water partition coefficient (Wildman–Crippen LogP) is 3.36. The fourth-order valence-electron chi connectivity index (χ4n) is 3.28. The lowest BCUT2D eigenvalue weighted by Gasteiger charge is -2.27. The molecule has 0 amide bonds. The van der Waals surface area contributed by atoms with Crippen molar-refractivity contribution in [2.75, 3.05) is 14.2 Å². The van der Waals surface area contributed by atoms with Crippen LogP contribution in [0.2, 0.25) is 0 Å². The van der Waals surface area contributed by atoms with Crippen LogP contribution in [0, 0.1) is 17.2 Å². The quantitative estimate of drug-likeness (QED) is 0.800. The second-order valence-electron chi connectivity index (χ2n) is 5.94. The number of methoxy groups -OCH3 is 2. The van der Waals surface area contributed by atoms with E-state index in [2.05, 4.69) is 6.07 Å². The first-order chi connectivity index (χ1) is 12.1. The molecule has 25 heavy (non-hydrogen) atoms. The third kappa shape index (κ3) is 2.97. The molecule has 0 N–H and O–H groups in total. The van der Waals surface area contributed by atoms with Crippen molar-refractivity contribution in [3.8, 4) is 11.8 Å². The first-order valence-corrected chi connectivity index (χ1v) is 8.00. The van der Waals surface area contributed by atoms with Crippen LogP contribution in [0.5, 0.6) is 5.75 Å². The first-order valence-electron chi connectivity index (χ1n) is 8.00. The Morgan fingerprint density at radius 2 is 1.84 bits per heavy atom. The smallest absolute Gasteiger partial charge is 0.342 e. The molecule has 0 spiro atoms. The summed E-state index contributed by atoms with van der Waals surface area (Å²) < 4.78 is 16.4. The Labute approximate surface area is 146 Å². The standard InChI is InChI=1S/C20H19NO4/c1-23-17-10-8-14(9-11-17)18-15(13-21)12-20(25-18,19(22)24-2)16-6-4-3-5-7-16/h3-11,15,18H,12H2,1-2H3/t15-,18+,20+/m1/s1. The number of hydrogen-bond donors (Lipinski definition) is 0. The van der Waals surface area contributed by atoms with Gasteiger partial charge in [0.1, 0.15) is 11.9 Å². The lowest BCUT2D eigenvalue weighted by molar-refractivity contribution is -0.170. The van der Waals surface area contributed by atoms with Crippen molar-refractivity contribution < 1.29 is 19.0 Å². The molecule has 0 aliphatic carbocycles. The Balaban J connectivity index is 2.02. The van der Waals surface area contributed by atoms with Crippen molar-refractivity contribution in [2.24, 2.45) is 5.92 Å². The summed E-state index contributed by atoms with van der Waals surface area (Å²) in [5, 5.41) is 9.63. The van der Waals surface area contributed by atoms with Crippen LogP contribution >= 0.6 is 0 Å². The monoisotopic (exact) mass is 337 g/mol. The largest absolute Gasteiger partial charge is 0.497 e. The zero-order valence-corrected chi connectivity index (χ0v) is 14.1. The summed E-state index contributed by atoms with van der Waals surface area (Å²) in [6, 6.07) is 18.8. The van der Waals surface area contributed by atoms with Crippen LogP contribution in [-0.2, 0) is 19.9 Å². The van der Waals surface area contributed by atoms with Gasteiger partial charge in [-0.1, -0.05) is 42.5 Å². The van der Waals surface area contributed by atoms with Gasteiger partial charge in [0, 0.05) is 6.42 Å². The number of ether oxygens (including phenoxy) is 3. The van der Waals surface area contributed by atoms with Crippen LogP contribution in [0.1, 0.15) is 23.7 Å². The highest BCUT2D eigenvalue weighted by atomic mass is 16.6. The number of rotatable bonds is 4. The second-order valence-corrected chi connectivity index (χ2v) is 5.94. The molecular formula is C20H19NO4. The number of carbonyl (C=O) groups excluding carboxylic acids is 1. The third-order valence-corrected chi connectivity index (χ3v) is 4.57. The average Bonchev–Trinajstić information content (AvgIpc) is 3.09. The highest BCUT2D eigenvalue weighted by Crippen LogP contribution is 2.49. The minimum absolute atomic E-state index is 0.247. The van der Waals surface area contributed by atoms with E-state index in [1.54, 1.807) is 7.11 Å². The van der Waals surface area contributed by atoms with Crippen LogP contribution in [0.3, 0.4) is 0 Å². The Morgan fingerprint density at radius 3 is 2.40 bits per heavy atom. The maximum Gasteiger partial charge on any atom is 0.342 e. The third-order valence-electron chi connectivity index (χ3n) is 4.57. The van der Waals surface area contributed by atoms with E-state index in [1.807, 2.05) is 54.6 Å². The minimum Gasteiger partial charge on any atom is -0.497 e. The molecule has 1 heterocycles. The molecule has 2 aromatic rings. The fourth-order valence-corrected chi connectivity index (χ4v) is 3.28. The number of carbonyl (C=O) groups is 1. The summed E-state index contributed by atoms with van der Waals surface area (Å²) in [6.45, 7) is 0. The predicted molar refractivity (Wildman–Crippen MR) is 90.7 cm³/mol. The Bertz CT molecular complexity index is 782. The number of nitriles is 1. The van der Waals surface area contributed by atoms with Gasteiger partial charge >= 0.3 is 5.97 Å². The zero-order chi connectivity index (χ0) is 17.9. The number of hydrogen-bond acceptors (Lipinski definition) is 5. The highest BCUT2D eigenvalue weighted by Gasteiger charge is 2.54. The van der Waals surface area contributed by atoms with E-state index in [4.69, 9.17) is 14.2 Å². The van der Waals surface area contributed by atoms with Gasteiger partial charge in [-0.05, 0) is 23.3 Å². The van der Waals surface area contributed by atoms with Crippen LogP contribution in [0.4, 0.5) is 0 Å². The van der Waals surface area contributed by atoms with E-state index in [9.17, 15) is 10.1 Å². The number of benzene rings is 2. The van der Waals surface area contributed by atoms with Crippen LogP contribution in [0.15, 0.2) is 54.6 Å². The molecule has 0 saturated carbocycles. The molecule has 3 rings (SSSR count). The van der Waals surface area contributed by atoms with Gasteiger partial charge in [-0.2, -0.15) is 5.26 Å². The maximum atomic E-state index is 12.6. The van der Waals surface area contributed by atoms with Gasteiger partial charge in [0.2, 0.25) is 0 Å². The molecule has 1 fully saturated rings. The molecule has 0 unspecified atom stereocenters. The zero-order valence-electron chi connectivity index (χ0n) is 14.1. The lowest BCUT2D eigenvalue weighted by Crippen LogP contribution is -2.36. The van der Waals surface area contributed by atoms with Crippen molar-refractivity contribution in [3.63, 3.8) is 0 Å². The molecule has 5 heteroatoms. The minimum atomic E-state index is -1.28. The lowest BCUT2D eigenvalue weighted by atomic mass is 9.85. The second kappa shape index (κ2) is 6.96. The summed E-state index contributed by atoms with van der Waals surface area (Å²) in [6.07, 6.45) is -0.271. The van der Waals surface area contributed by atoms with Crippen molar-refractivity contribution >= 4 is 5.97 Å². The molecule has 1 saturated heterocycles. The molecule has 5 nitrogen and oxygen atoms in total. The molecule has 128 valence electrons. The molecule has 3 atom stereocenters. The summed E-state index contributed by atoms with van der Waals surface area (Å²) in [5.74, 6) is -0.236. The van der Waals surface area contributed by atoms with Crippen LogP contribution in [0.25, 0.3) is 0 Å². The Kier molecular flexibility index (Phi) is 4.73. The van der Waals surface area contributed by atoms with E-state index in [1.165, 1.54) is 7.11 Å². The summed E-state index contributed by atoms with van der Waals surface area (Å²) in [4.78, 5) is 12.6. The van der Waals surface area contributed by atoms with Gasteiger partial charge in [0.15, 0.2) is 5.60 Å². The van der Waals surface area contributed by atoms with Crippen LogP contribution < -0.4 is 4.74 Å².